The van der Waals surface area contributed by atoms with Gasteiger partial charge in [0.2, 0.25) is 0 Å². The summed E-state index contributed by atoms with van der Waals surface area (Å²) in [6, 6.07) is 8.12. The highest BCUT2D eigenvalue weighted by molar-refractivity contribution is 5.94. The number of imidazole rings is 1. The van der Waals surface area contributed by atoms with Gasteiger partial charge in [0, 0.05) is 29.6 Å². The molecule has 0 saturated heterocycles. The van der Waals surface area contributed by atoms with Crippen LogP contribution in [0.3, 0.4) is 0 Å². The van der Waals surface area contributed by atoms with Gasteiger partial charge in [0.25, 0.3) is 5.91 Å². The summed E-state index contributed by atoms with van der Waals surface area (Å²) in [4.78, 5) is 23.7. The normalized spacial score (nSPS) is 20.3. The van der Waals surface area contributed by atoms with E-state index < -0.39 is 0 Å². The standard InChI is InChI=1S/C18H20N6O/c25-18(14-3-1-13(2-4-14)17-20-9-10-21-17)23-15-5-7-16(8-6-15)24-12-19-11-22-24/h1-4,9-12,15-16H,5-8H2,(H,20,21)(H,23,25). The third kappa shape index (κ3) is 3.45. The summed E-state index contributed by atoms with van der Waals surface area (Å²) in [6.45, 7) is 0. The van der Waals surface area contributed by atoms with Gasteiger partial charge in [-0.2, -0.15) is 5.10 Å². The molecule has 0 radical (unpaired) electrons. The highest BCUT2D eigenvalue weighted by Gasteiger charge is 2.24. The molecule has 0 unspecified atom stereocenters. The Morgan fingerprint density at radius 1 is 1.16 bits per heavy atom. The second-order valence-electron chi connectivity index (χ2n) is 6.37. The average Bonchev–Trinajstić information content (AvgIpc) is 3.36. The van der Waals surface area contributed by atoms with Crippen LogP contribution in [-0.2, 0) is 0 Å². The quantitative estimate of drug-likeness (QED) is 0.766. The number of hydrogen-bond acceptors (Lipinski definition) is 4. The van der Waals surface area contributed by atoms with Crippen molar-refractivity contribution in [2.75, 3.05) is 0 Å². The topological polar surface area (TPSA) is 88.5 Å². The van der Waals surface area contributed by atoms with Crippen molar-refractivity contribution >= 4 is 5.91 Å². The summed E-state index contributed by atoms with van der Waals surface area (Å²) in [5.41, 5.74) is 1.64. The van der Waals surface area contributed by atoms with Crippen LogP contribution in [-0.4, -0.2) is 36.7 Å². The summed E-state index contributed by atoms with van der Waals surface area (Å²) in [6.07, 6.45) is 10.8. The lowest BCUT2D eigenvalue weighted by Crippen LogP contribution is -2.38. The summed E-state index contributed by atoms with van der Waals surface area (Å²) < 4.78 is 1.92. The van der Waals surface area contributed by atoms with Crippen molar-refractivity contribution in [1.82, 2.24) is 30.0 Å². The number of aromatic nitrogens is 5. The summed E-state index contributed by atoms with van der Waals surface area (Å²) in [5, 5.41) is 7.36. The predicted octanol–water partition coefficient (Wildman–Crippen LogP) is 2.58. The van der Waals surface area contributed by atoms with Crippen molar-refractivity contribution in [3.05, 3.63) is 54.9 Å². The van der Waals surface area contributed by atoms with Gasteiger partial charge in [-0.1, -0.05) is 12.1 Å². The number of hydrogen-bond donors (Lipinski definition) is 2. The van der Waals surface area contributed by atoms with E-state index in [0.717, 1.165) is 37.1 Å². The van der Waals surface area contributed by atoms with Gasteiger partial charge < -0.3 is 10.3 Å². The Kier molecular flexibility index (Phi) is 4.28. The molecule has 1 amide bonds. The van der Waals surface area contributed by atoms with Crippen molar-refractivity contribution in [3.63, 3.8) is 0 Å². The minimum absolute atomic E-state index is 0.0183. The van der Waals surface area contributed by atoms with Gasteiger partial charge in [-0.05, 0) is 37.8 Å². The van der Waals surface area contributed by atoms with Crippen molar-refractivity contribution in [2.24, 2.45) is 0 Å². The molecule has 0 aliphatic heterocycles. The minimum atomic E-state index is -0.0183. The van der Waals surface area contributed by atoms with Crippen LogP contribution in [0.1, 0.15) is 42.1 Å². The summed E-state index contributed by atoms with van der Waals surface area (Å²) in [7, 11) is 0. The number of rotatable bonds is 4. The second-order valence-corrected chi connectivity index (χ2v) is 6.37. The van der Waals surface area contributed by atoms with Crippen LogP contribution in [0.15, 0.2) is 49.3 Å². The molecule has 2 N–H and O–H groups in total. The number of aromatic amines is 1. The molecule has 0 atom stereocenters. The first-order chi connectivity index (χ1) is 12.3. The fourth-order valence-corrected chi connectivity index (χ4v) is 3.36. The number of amides is 1. The molecule has 2 heterocycles. The van der Waals surface area contributed by atoms with Crippen molar-refractivity contribution in [3.8, 4) is 11.4 Å². The van der Waals surface area contributed by atoms with Gasteiger partial charge in [0.15, 0.2) is 0 Å². The van der Waals surface area contributed by atoms with Crippen molar-refractivity contribution in [1.29, 1.82) is 0 Å². The van der Waals surface area contributed by atoms with E-state index in [9.17, 15) is 4.79 Å². The van der Waals surface area contributed by atoms with Gasteiger partial charge in [0.05, 0.1) is 6.04 Å². The fraction of sp³-hybridized carbons (Fsp3) is 0.333. The Bertz CT molecular complexity index is 802. The molecule has 7 nitrogen and oxygen atoms in total. The number of benzene rings is 1. The van der Waals surface area contributed by atoms with E-state index in [1.165, 1.54) is 0 Å². The zero-order valence-electron chi connectivity index (χ0n) is 13.8. The molecule has 4 rings (SSSR count). The third-order valence-corrected chi connectivity index (χ3v) is 4.76. The van der Waals surface area contributed by atoms with E-state index >= 15 is 0 Å². The first-order valence-corrected chi connectivity index (χ1v) is 8.54. The molecule has 7 heteroatoms. The zero-order chi connectivity index (χ0) is 17.1. The smallest absolute Gasteiger partial charge is 0.251 e. The lowest BCUT2D eigenvalue weighted by atomic mass is 9.91. The highest BCUT2D eigenvalue weighted by atomic mass is 16.1. The second kappa shape index (κ2) is 6.88. The summed E-state index contributed by atoms with van der Waals surface area (Å²) in [5.74, 6) is 0.786. The maximum absolute atomic E-state index is 12.5. The maximum Gasteiger partial charge on any atom is 0.251 e. The molecule has 25 heavy (non-hydrogen) atoms. The molecule has 1 aliphatic carbocycles. The van der Waals surface area contributed by atoms with E-state index in [4.69, 9.17) is 0 Å². The van der Waals surface area contributed by atoms with Gasteiger partial charge in [-0.15, -0.1) is 0 Å². The largest absolute Gasteiger partial charge is 0.349 e. The van der Waals surface area contributed by atoms with Gasteiger partial charge in [-0.25, -0.2) is 14.6 Å². The Morgan fingerprint density at radius 2 is 1.96 bits per heavy atom. The monoisotopic (exact) mass is 336 g/mol. The molecule has 1 fully saturated rings. The van der Waals surface area contributed by atoms with Crippen LogP contribution in [0.25, 0.3) is 11.4 Å². The first-order valence-electron chi connectivity index (χ1n) is 8.54. The molecule has 1 saturated carbocycles. The van der Waals surface area contributed by atoms with Crippen LogP contribution in [0.5, 0.6) is 0 Å². The van der Waals surface area contributed by atoms with E-state index in [2.05, 4.69) is 25.4 Å². The number of carbonyl (C=O) groups excluding carboxylic acids is 1. The van der Waals surface area contributed by atoms with Crippen LogP contribution in [0.2, 0.25) is 0 Å². The lowest BCUT2D eigenvalue weighted by molar-refractivity contribution is 0.0921. The van der Waals surface area contributed by atoms with Crippen LogP contribution >= 0.6 is 0 Å². The molecular weight excluding hydrogens is 316 g/mol. The Hall–Kier alpha value is -2.96. The van der Waals surface area contributed by atoms with Crippen LogP contribution < -0.4 is 5.32 Å². The van der Waals surface area contributed by atoms with Crippen molar-refractivity contribution < 1.29 is 4.79 Å². The molecular formula is C18H20N6O. The molecule has 1 aliphatic rings. The summed E-state index contributed by atoms with van der Waals surface area (Å²) >= 11 is 0. The lowest BCUT2D eigenvalue weighted by Gasteiger charge is -2.29. The van der Waals surface area contributed by atoms with Gasteiger partial charge in [0.1, 0.15) is 18.5 Å². The zero-order valence-corrected chi connectivity index (χ0v) is 13.8. The van der Waals surface area contributed by atoms with Crippen molar-refractivity contribution in [2.45, 2.75) is 37.8 Å². The Balaban J connectivity index is 1.33. The Labute approximate surface area is 145 Å². The SMILES string of the molecule is O=C(NC1CCC(n2cncn2)CC1)c1ccc(-c2ncc[nH]2)cc1. The highest BCUT2D eigenvalue weighted by Crippen LogP contribution is 2.27. The molecule has 3 aromatic rings. The van der Waals surface area contributed by atoms with Gasteiger partial charge >= 0.3 is 0 Å². The number of nitrogens with one attached hydrogen (secondary N) is 2. The van der Waals surface area contributed by atoms with E-state index in [1.54, 1.807) is 25.0 Å². The molecule has 0 spiro atoms. The fourth-order valence-electron chi connectivity index (χ4n) is 3.36. The maximum atomic E-state index is 12.5. The average molecular weight is 336 g/mol. The predicted molar refractivity (Wildman–Crippen MR) is 92.8 cm³/mol. The molecule has 0 bridgehead atoms. The van der Waals surface area contributed by atoms with Crippen LogP contribution in [0.4, 0.5) is 0 Å². The molecule has 2 aromatic heterocycles. The van der Waals surface area contributed by atoms with E-state index in [1.807, 2.05) is 28.9 Å². The number of nitrogens with zero attached hydrogens (tertiary/aromatic N) is 4. The van der Waals surface area contributed by atoms with Gasteiger partial charge in [-0.3, -0.25) is 4.79 Å². The third-order valence-electron chi connectivity index (χ3n) is 4.76. The molecule has 1 aromatic carbocycles. The first kappa shape index (κ1) is 15.6. The number of H-pyrrole nitrogens is 1. The van der Waals surface area contributed by atoms with Crippen LogP contribution in [0, 0.1) is 0 Å². The molecule has 128 valence electrons. The Morgan fingerprint density at radius 3 is 2.60 bits per heavy atom. The minimum Gasteiger partial charge on any atom is -0.349 e. The van der Waals surface area contributed by atoms with E-state index in [-0.39, 0.29) is 11.9 Å². The van der Waals surface area contributed by atoms with E-state index in [0.29, 0.717) is 11.6 Å². The number of carbonyl (C=O) groups is 1.